The molecule has 0 amide bonds. The molecule has 6 nitrogen and oxygen atoms in total. The molecule has 0 atom stereocenters. The Balaban J connectivity index is 1.33. The molecule has 0 saturated carbocycles. The van der Waals surface area contributed by atoms with Gasteiger partial charge in [0.05, 0.1) is 12.2 Å². The molecular formula is C26H26ClN5OS. The second kappa shape index (κ2) is 10.2. The summed E-state index contributed by atoms with van der Waals surface area (Å²) in [6.07, 6.45) is 1.99. The Morgan fingerprint density at radius 3 is 2.56 bits per heavy atom. The van der Waals surface area contributed by atoms with Crippen molar-refractivity contribution in [2.75, 3.05) is 33.2 Å². The van der Waals surface area contributed by atoms with Gasteiger partial charge in [0.1, 0.15) is 5.01 Å². The fraction of sp³-hybridized carbons (Fsp3) is 0.269. The summed E-state index contributed by atoms with van der Waals surface area (Å²) < 4.78 is 1.50. The standard InChI is InChI=1S/C26H26ClN5OS/c1-30-10-12-31(13-11-30)18-23-16-28-26(34-23)21-6-2-4-19(14-21)17-32-25(33)9-8-24(29-32)20-5-3-7-22(27)15-20/h2-9,14-16H,10-13,17-18H2,1H3. The summed E-state index contributed by atoms with van der Waals surface area (Å²) in [7, 11) is 2.17. The number of benzene rings is 2. The quantitative estimate of drug-likeness (QED) is 0.398. The Hall–Kier alpha value is -2.84. The Labute approximate surface area is 208 Å². The molecule has 3 heterocycles. The van der Waals surface area contributed by atoms with Gasteiger partial charge in [0, 0.05) is 66.0 Å². The highest BCUT2D eigenvalue weighted by Crippen LogP contribution is 2.27. The third-order valence-electron chi connectivity index (χ3n) is 6.02. The normalized spacial score (nSPS) is 15.0. The number of rotatable bonds is 6. The Bertz CT molecular complexity index is 1340. The van der Waals surface area contributed by atoms with E-state index in [1.54, 1.807) is 23.5 Å². The molecule has 1 fully saturated rings. The summed E-state index contributed by atoms with van der Waals surface area (Å²) in [5.41, 5.74) is 3.52. The van der Waals surface area contributed by atoms with Crippen LogP contribution in [-0.4, -0.2) is 57.8 Å². The lowest BCUT2D eigenvalue weighted by atomic mass is 10.1. The van der Waals surface area contributed by atoms with Crippen LogP contribution in [0.1, 0.15) is 10.4 Å². The Morgan fingerprint density at radius 1 is 0.941 bits per heavy atom. The van der Waals surface area contributed by atoms with E-state index in [1.807, 2.05) is 42.6 Å². The van der Waals surface area contributed by atoms with E-state index in [4.69, 9.17) is 11.6 Å². The number of nitrogens with zero attached hydrogens (tertiary/aromatic N) is 5. The average molecular weight is 492 g/mol. The number of hydrogen-bond acceptors (Lipinski definition) is 6. The van der Waals surface area contributed by atoms with Crippen molar-refractivity contribution < 1.29 is 0 Å². The third-order valence-corrected chi connectivity index (χ3v) is 7.29. The largest absolute Gasteiger partial charge is 0.304 e. The van der Waals surface area contributed by atoms with Gasteiger partial charge in [-0.1, -0.05) is 41.9 Å². The van der Waals surface area contributed by atoms with E-state index in [2.05, 4.69) is 39.1 Å². The molecule has 0 unspecified atom stereocenters. The highest BCUT2D eigenvalue weighted by molar-refractivity contribution is 7.15. The highest BCUT2D eigenvalue weighted by atomic mass is 35.5. The van der Waals surface area contributed by atoms with E-state index < -0.39 is 0 Å². The Kier molecular flexibility index (Phi) is 6.87. The van der Waals surface area contributed by atoms with Crippen molar-refractivity contribution in [1.29, 1.82) is 0 Å². The smallest absolute Gasteiger partial charge is 0.267 e. The van der Waals surface area contributed by atoms with Crippen molar-refractivity contribution in [3.05, 3.63) is 92.7 Å². The highest BCUT2D eigenvalue weighted by Gasteiger charge is 2.15. The van der Waals surface area contributed by atoms with Crippen LogP contribution in [-0.2, 0) is 13.1 Å². The zero-order chi connectivity index (χ0) is 23.5. The number of thiazole rings is 1. The van der Waals surface area contributed by atoms with E-state index in [9.17, 15) is 4.79 Å². The summed E-state index contributed by atoms with van der Waals surface area (Å²) in [5.74, 6) is 0. The molecule has 2 aromatic carbocycles. The van der Waals surface area contributed by atoms with Crippen LogP contribution in [0.15, 0.2) is 71.7 Å². The van der Waals surface area contributed by atoms with E-state index in [0.717, 1.165) is 54.4 Å². The molecule has 0 radical (unpaired) electrons. The van der Waals surface area contributed by atoms with E-state index in [-0.39, 0.29) is 5.56 Å². The van der Waals surface area contributed by atoms with Crippen LogP contribution in [0.4, 0.5) is 0 Å². The third kappa shape index (κ3) is 5.45. The van der Waals surface area contributed by atoms with Gasteiger partial charge in [-0.3, -0.25) is 9.69 Å². The van der Waals surface area contributed by atoms with Crippen LogP contribution >= 0.6 is 22.9 Å². The molecule has 0 bridgehead atoms. The van der Waals surface area contributed by atoms with Crippen molar-refractivity contribution >= 4 is 22.9 Å². The molecule has 0 aliphatic carbocycles. The van der Waals surface area contributed by atoms with Crippen LogP contribution in [0.5, 0.6) is 0 Å². The van der Waals surface area contributed by atoms with Gasteiger partial charge in [-0.15, -0.1) is 11.3 Å². The number of hydrogen-bond donors (Lipinski definition) is 0. The molecule has 5 rings (SSSR count). The average Bonchev–Trinajstić information content (AvgIpc) is 3.31. The first kappa shape index (κ1) is 22.9. The van der Waals surface area contributed by atoms with Crippen LogP contribution in [0.3, 0.4) is 0 Å². The van der Waals surface area contributed by atoms with Gasteiger partial charge in [-0.2, -0.15) is 5.10 Å². The fourth-order valence-corrected chi connectivity index (χ4v) is 5.22. The molecule has 1 aliphatic heterocycles. The summed E-state index contributed by atoms with van der Waals surface area (Å²) in [6.45, 7) is 5.74. The van der Waals surface area contributed by atoms with Gasteiger partial charge in [0.15, 0.2) is 0 Å². The van der Waals surface area contributed by atoms with E-state index >= 15 is 0 Å². The van der Waals surface area contributed by atoms with Crippen molar-refractivity contribution in [3.8, 4) is 21.8 Å². The molecule has 0 N–H and O–H groups in total. The predicted octanol–water partition coefficient (Wildman–Crippen LogP) is 4.48. The molecule has 2 aromatic heterocycles. The number of aromatic nitrogens is 3. The van der Waals surface area contributed by atoms with Crippen LogP contribution in [0.25, 0.3) is 21.8 Å². The lowest BCUT2D eigenvalue weighted by Gasteiger charge is -2.31. The van der Waals surface area contributed by atoms with Gasteiger partial charge >= 0.3 is 0 Å². The second-order valence-corrected chi connectivity index (χ2v) is 10.2. The maximum Gasteiger partial charge on any atom is 0.267 e. The van der Waals surface area contributed by atoms with Crippen LogP contribution in [0.2, 0.25) is 5.02 Å². The summed E-state index contributed by atoms with van der Waals surface area (Å²) in [5, 5.41) is 6.22. The topological polar surface area (TPSA) is 54.3 Å². The summed E-state index contributed by atoms with van der Waals surface area (Å²) >= 11 is 7.86. The molecular weight excluding hydrogens is 466 g/mol. The van der Waals surface area contributed by atoms with Crippen molar-refractivity contribution in [2.24, 2.45) is 0 Å². The zero-order valence-corrected chi connectivity index (χ0v) is 20.6. The van der Waals surface area contributed by atoms with Gasteiger partial charge in [-0.25, -0.2) is 9.67 Å². The minimum Gasteiger partial charge on any atom is -0.304 e. The summed E-state index contributed by atoms with van der Waals surface area (Å²) in [4.78, 5) is 23.3. The van der Waals surface area contributed by atoms with Crippen molar-refractivity contribution in [2.45, 2.75) is 13.1 Å². The lowest BCUT2D eigenvalue weighted by molar-refractivity contribution is 0.149. The molecule has 34 heavy (non-hydrogen) atoms. The molecule has 1 saturated heterocycles. The molecule has 8 heteroatoms. The predicted molar refractivity (Wildman–Crippen MR) is 138 cm³/mol. The second-order valence-electron chi connectivity index (χ2n) is 8.64. The van der Waals surface area contributed by atoms with Gasteiger partial charge in [0.2, 0.25) is 0 Å². The first-order valence-electron chi connectivity index (χ1n) is 11.3. The molecule has 1 aliphatic rings. The molecule has 4 aromatic rings. The van der Waals surface area contributed by atoms with E-state index in [1.165, 1.54) is 9.56 Å². The number of piperazine rings is 1. The molecule has 0 spiro atoms. The first-order valence-corrected chi connectivity index (χ1v) is 12.5. The minimum absolute atomic E-state index is 0.139. The van der Waals surface area contributed by atoms with Gasteiger partial charge < -0.3 is 4.90 Å². The lowest BCUT2D eigenvalue weighted by Crippen LogP contribution is -2.43. The SMILES string of the molecule is CN1CCN(Cc2cnc(-c3cccc(Cn4nc(-c5cccc(Cl)c5)ccc4=O)c3)s2)CC1. The van der Waals surface area contributed by atoms with Crippen LogP contribution < -0.4 is 5.56 Å². The summed E-state index contributed by atoms with van der Waals surface area (Å²) in [6, 6.07) is 19.0. The number of halogens is 1. The first-order chi connectivity index (χ1) is 16.5. The Morgan fingerprint density at radius 2 is 1.74 bits per heavy atom. The van der Waals surface area contributed by atoms with Crippen molar-refractivity contribution in [3.63, 3.8) is 0 Å². The minimum atomic E-state index is -0.139. The van der Waals surface area contributed by atoms with Crippen molar-refractivity contribution in [1.82, 2.24) is 24.6 Å². The molecule has 174 valence electrons. The number of likely N-dealkylation sites (N-methyl/N-ethyl adjacent to an activating group) is 1. The van der Waals surface area contributed by atoms with E-state index in [0.29, 0.717) is 17.3 Å². The van der Waals surface area contributed by atoms with Gasteiger partial charge in [0.25, 0.3) is 5.56 Å². The maximum absolute atomic E-state index is 12.5. The monoisotopic (exact) mass is 491 g/mol. The zero-order valence-electron chi connectivity index (χ0n) is 19.0. The fourth-order valence-electron chi connectivity index (χ4n) is 4.08. The van der Waals surface area contributed by atoms with Gasteiger partial charge in [-0.05, 0) is 36.9 Å². The van der Waals surface area contributed by atoms with Crippen LogP contribution in [0, 0.1) is 0 Å². The maximum atomic E-state index is 12.5.